The number of nitrogens with zero attached hydrogens (tertiary/aromatic N) is 1. The Kier molecular flexibility index (Phi) is 3.66. The van der Waals surface area contributed by atoms with E-state index < -0.39 is 11.8 Å². The fourth-order valence-corrected chi connectivity index (χ4v) is 1.24. The Morgan fingerprint density at radius 1 is 1.22 bits per heavy atom. The summed E-state index contributed by atoms with van der Waals surface area (Å²) in [7, 11) is 0. The summed E-state index contributed by atoms with van der Waals surface area (Å²) in [6, 6.07) is 5.71. The van der Waals surface area contributed by atoms with Crippen LogP contribution in [-0.2, 0) is 9.59 Å². The molecule has 18 heavy (non-hydrogen) atoms. The average molecular weight is 249 g/mol. The third-order valence-corrected chi connectivity index (χ3v) is 2.37. The third kappa shape index (κ3) is 3.65. The van der Waals surface area contributed by atoms with E-state index in [1.54, 1.807) is 0 Å². The summed E-state index contributed by atoms with van der Waals surface area (Å²) >= 11 is 0. The zero-order chi connectivity index (χ0) is 13.0. The van der Waals surface area contributed by atoms with Gasteiger partial charge in [0.2, 0.25) is 0 Å². The molecule has 5 nitrogen and oxygen atoms in total. The standard InChI is InChI=1S/C12H12FN3O2/c13-9-3-1-8(2-4-9)7-14-16-12(18)11(17)15-10-5-6-10/h1-4,7,10H,5-6H2,(H,15,17)(H,16,18)/b14-7-. The molecule has 0 aliphatic heterocycles. The number of carbonyl (C=O) groups is 2. The normalized spacial score (nSPS) is 14.5. The summed E-state index contributed by atoms with van der Waals surface area (Å²) < 4.78 is 12.6. The summed E-state index contributed by atoms with van der Waals surface area (Å²) in [5.74, 6) is -1.84. The van der Waals surface area contributed by atoms with Crippen LogP contribution in [0, 0.1) is 5.82 Å². The van der Waals surface area contributed by atoms with E-state index in [2.05, 4.69) is 15.8 Å². The van der Waals surface area contributed by atoms with Gasteiger partial charge >= 0.3 is 11.8 Å². The van der Waals surface area contributed by atoms with Crippen molar-refractivity contribution in [2.24, 2.45) is 5.10 Å². The molecule has 1 saturated carbocycles. The Hall–Kier alpha value is -2.24. The molecule has 6 heteroatoms. The highest BCUT2D eigenvalue weighted by Gasteiger charge is 2.26. The first-order valence-corrected chi connectivity index (χ1v) is 5.54. The number of hydrogen-bond donors (Lipinski definition) is 2. The van der Waals surface area contributed by atoms with E-state index in [4.69, 9.17) is 0 Å². The smallest absolute Gasteiger partial charge is 0.329 e. The van der Waals surface area contributed by atoms with Gasteiger partial charge in [0.1, 0.15) is 5.82 Å². The maximum atomic E-state index is 12.6. The number of rotatable bonds is 3. The molecule has 94 valence electrons. The van der Waals surface area contributed by atoms with Gasteiger partial charge in [-0.2, -0.15) is 5.10 Å². The van der Waals surface area contributed by atoms with Crippen LogP contribution >= 0.6 is 0 Å². The molecule has 0 heterocycles. The second-order valence-electron chi connectivity index (χ2n) is 4.00. The Bertz CT molecular complexity index is 481. The molecule has 1 aliphatic rings. The monoisotopic (exact) mass is 249 g/mol. The van der Waals surface area contributed by atoms with Gasteiger partial charge in [0, 0.05) is 6.04 Å². The van der Waals surface area contributed by atoms with E-state index >= 15 is 0 Å². The fourth-order valence-electron chi connectivity index (χ4n) is 1.24. The molecule has 0 aromatic heterocycles. The number of hydrazone groups is 1. The van der Waals surface area contributed by atoms with Crippen molar-refractivity contribution in [1.82, 2.24) is 10.7 Å². The molecule has 0 radical (unpaired) electrons. The molecule has 0 atom stereocenters. The molecule has 2 amide bonds. The van der Waals surface area contributed by atoms with Crippen LogP contribution in [0.1, 0.15) is 18.4 Å². The summed E-state index contributed by atoms with van der Waals surface area (Å²) in [6.07, 6.45) is 3.16. The summed E-state index contributed by atoms with van der Waals surface area (Å²) in [5.41, 5.74) is 2.73. The topological polar surface area (TPSA) is 70.6 Å². The number of benzene rings is 1. The van der Waals surface area contributed by atoms with Crippen LogP contribution < -0.4 is 10.7 Å². The van der Waals surface area contributed by atoms with Gasteiger partial charge in [0.15, 0.2) is 0 Å². The number of amides is 2. The summed E-state index contributed by atoms with van der Waals surface area (Å²) in [6.45, 7) is 0. The first-order valence-electron chi connectivity index (χ1n) is 5.54. The van der Waals surface area contributed by atoms with Gasteiger partial charge in [-0.25, -0.2) is 9.82 Å². The fraction of sp³-hybridized carbons (Fsp3) is 0.250. The van der Waals surface area contributed by atoms with Crippen LogP contribution in [0.25, 0.3) is 0 Å². The molecular formula is C12H12FN3O2. The first kappa shape index (κ1) is 12.2. The van der Waals surface area contributed by atoms with Gasteiger partial charge in [-0.15, -0.1) is 0 Å². The van der Waals surface area contributed by atoms with E-state index in [0.717, 1.165) is 12.8 Å². The van der Waals surface area contributed by atoms with Gasteiger partial charge in [0.05, 0.1) is 6.21 Å². The SMILES string of the molecule is O=C(N/N=C\c1ccc(F)cc1)C(=O)NC1CC1. The van der Waals surface area contributed by atoms with E-state index in [1.807, 2.05) is 0 Å². The molecule has 1 aromatic carbocycles. The average Bonchev–Trinajstić information content (AvgIpc) is 3.15. The molecule has 2 N–H and O–H groups in total. The lowest BCUT2D eigenvalue weighted by molar-refractivity contribution is -0.139. The van der Waals surface area contributed by atoms with Gasteiger partial charge in [-0.3, -0.25) is 9.59 Å². The van der Waals surface area contributed by atoms with Crippen LogP contribution in [0.15, 0.2) is 29.4 Å². The van der Waals surface area contributed by atoms with E-state index in [9.17, 15) is 14.0 Å². The van der Waals surface area contributed by atoms with Crippen LogP contribution in [-0.4, -0.2) is 24.1 Å². The zero-order valence-electron chi connectivity index (χ0n) is 9.52. The van der Waals surface area contributed by atoms with Crippen molar-refractivity contribution in [3.63, 3.8) is 0 Å². The van der Waals surface area contributed by atoms with Crippen molar-refractivity contribution in [2.45, 2.75) is 18.9 Å². The van der Waals surface area contributed by atoms with Crippen molar-refractivity contribution in [3.8, 4) is 0 Å². The Morgan fingerprint density at radius 3 is 2.50 bits per heavy atom. The molecule has 1 fully saturated rings. The van der Waals surface area contributed by atoms with Crippen LogP contribution in [0.5, 0.6) is 0 Å². The lowest BCUT2D eigenvalue weighted by Gasteiger charge is -2.00. The van der Waals surface area contributed by atoms with Crippen molar-refractivity contribution in [3.05, 3.63) is 35.6 Å². The maximum absolute atomic E-state index is 12.6. The molecule has 0 bridgehead atoms. The second kappa shape index (κ2) is 5.39. The highest BCUT2D eigenvalue weighted by molar-refractivity contribution is 6.35. The van der Waals surface area contributed by atoms with Gasteiger partial charge < -0.3 is 5.32 Å². The minimum absolute atomic E-state index is 0.129. The quantitative estimate of drug-likeness (QED) is 0.466. The summed E-state index contributed by atoms with van der Waals surface area (Å²) in [5, 5.41) is 6.15. The summed E-state index contributed by atoms with van der Waals surface area (Å²) in [4.78, 5) is 22.5. The molecule has 0 spiro atoms. The maximum Gasteiger partial charge on any atom is 0.329 e. The number of nitrogens with one attached hydrogen (secondary N) is 2. The minimum atomic E-state index is -0.805. The molecule has 0 unspecified atom stereocenters. The Labute approximate surface area is 103 Å². The lowest BCUT2D eigenvalue weighted by Crippen LogP contribution is -2.38. The van der Waals surface area contributed by atoms with Crippen molar-refractivity contribution in [1.29, 1.82) is 0 Å². The van der Waals surface area contributed by atoms with Crippen molar-refractivity contribution < 1.29 is 14.0 Å². The molecular weight excluding hydrogens is 237 g/mol. The van der Waals surface area contributed by atoms with Crippen LogP contribution in [0.3, 0.4) is 0 Å². The highest BCUT2D eigenvalue weighted by atomic mass is 19.1. The van der Waals surface area contributed by atoms with E-state index in [0.29, 0.717) is 5.56 Å². The zero-order valence-corrected chi connectivity index (χ0v) is 9.52. The van der Waals surface area contributed by atoms with Crippen molar-refractivity contribution in [2.75, 3.05) is 0 Å². The lowest BCUT2D eigenvalue weighted by atomic mass is 10.2. The number of halogens is 1. The molecule has 1 aliphatic carbocycles. The third-order valence-electron chi connectivity index (χ3n) is 2.37. The number of carbonyl (C=O) groups excluding carboxylic acids is 2. The predicted molar refractivity (Wildman–Crippen MR) is 63.3 cm³/mol. The molecule has 1 aromatic rings. The first-order chi connectivity index (χ1) is 8.65. The van der Waals surface area contributed by atoms with E-state index in [-0.39, 0.29) is 11.9 Å². The van der Waals surface area contributed by atoms with E-state index in [1.165, 1.54) is 30.5 Å². The molecule has 2 rings (SSSR count). The highest BCUT2D eigenvalue weighted by Crippen LogP contribution is 2.18. The van der Waals surface area contributed by atoms with Crippen LogP contribution in [0.4, 0.5) is 4.39 Å². The van der Waals surface area contributed by atoms with Crippen LogP contribution in [0.2, 0.25) is 0 Å². The number of hydrogen-bond acceptors (Lipinski definition) is 3. The Balaban J connectivity index is 1.80. The second-order valence-corrected chi connectivity index (χ2v) is 4.00. The van der Waals surface area contributed by atoms with Gasteiger partial charge in [-0.1, -0.05) is 12.1 Å². The molecule has 0 saturated heterocycles. The Morgan fingerprint density at radius 2 is 1.89 bits per heavy atom. The predicted octanol–water partition coefficient (Wildman–Crippen LogP) is 0.554. The van der Waals surface area contributed by atoms with Crippen molar-refractivity contribution >= 4 is 18.0 Å². The largest absolute Gasteiger partial charge is 0.345 e. The van der Waals surface area contributed by atoms with Gasteiger partial charge in [-0.05, 0) is 30.5 Å². The minimum Gasteiger partial charge on any atom is -0.345 e. The van der Waals surface area contributed by atoms with Gasteiger partial charge in [0.25, 0.3) is 0 Å².